The number of furan rings is 1. The first-order chi connectivity index (χ1) is 13.9. The van der Waals surface area contributed by atoms with Gasteiger partial charge in [0.25, 0.3) is 5.91 Å². The maximum Gasteiger partial charge on any atom is 0.251 e. The highest BCUT2D eigenvalue weighted by Gasteiger charge is 2.32. The summed E-state index contributed by atoms with van der Waals surface area (Å²) in [6.45, 7) is 2.16. The van der Waals surface area contributed by atoms with Crippen LogP contribution in [0.1, 0.15) is 28.3 Å². The lowest BCUT2D eigenvalue weighted by atomic mass is 10.2. The minimum Gasteiger partial charge on any atom is -0.494 e. The van der Waals surface area contributed by atoms with E-state index >= 15 is 0 Å². The Morgan fingerprint density at radius 1 is 1.10 bits per heavy atom. The third kappa shape index (κ3) is 4.83. The highest BCUT2D eigenvalue weighted by Crippen LogP contribution is 2.29. The van der Waals surface area contributed by atoms with E-state index in [-0.39, 0.29) is 17.2 Å². The number of carbonyl (C=O) groups is 1. The second-order valence-electron chi connectivity index (χ2n) is 6.17. The second-order valence-corrected chi connectivity index (χ2v) is 8.30. The van der Waals surface area contributed by atoms with Crippen molar-refractivity contribution in [2.45, 2.75) is 17.1 Å². The lowest BCUT2D eigenvalue weighted by Crippen LogP contribution is -2.31. The van der Waals surface area contributed by atoms with Crippen molar-refractivity contribution in [3.8, 4) is 5.75 Å². The van der Waals surface area contributed by atoms with Gasteiger partial charge in [0.1, 0.15) is 22.6 Å². The maximum absolute atomic E-state index is 13.2. The smallest absolute Gasteiger partial charge is 0.251 e. The molecule has 1 aromatic heterocycles. The van der Waals surface area contributed by atoms with Crippen molar-refractivity contribution in [2.24, 2.45) is 0 Å². The summed E-state index contributed by atoms with van der Waals surface area (Å²) in [6, 6.07) is 14.1. The molecule has 1 atom stereocenters. The summed E-state index contributed by atoms with van der Waals surface area (Å²) in [5.74, 6) is -0.154. The fraction of sp³-hybridized carbons (Fsp3) is 0.190. The summed E-state index contributed by atoms with van der Waals surface area (Å²) in [4.78, 5) is 12.4. The van der Waals surface area contributed by atoms with Gasteiger partial charge in [-0.2, -0.15) is 0 Å². The Kier molecular flexibility index (Phi) is 6.33. The van der Waals surface area contributed by atoms with E-state index < -0.39 is 26.8 Å². The van der Waals surface area contributed by atoms with Crippen LogP contribution in [0.15, 0.2) is 76.2 Å². The van der Waals surface area contributed by atoms with E-state index in [0.29, 0.717) is 17.9 Å². The van der Waals surface area contributed by atoms with Crippen molar-refractivity contribution in [1.29, 1.82) is 0 Å². The number of nitrogens with one attached hydrogen (secondary N) is 1. The van der Waals surface area contributed by atoms with Gasteiger partial charge in [-0.25, -0.2) is 12.8 Å². The molecule has 3 aromatic rings. The molecule has 1 N–H and O–H groups in total. The zero-order valence-corrected chi connectivity index (χ0v) is 16.5. The van der Waals surface area contributed by atoms with Gasteiger partial charge in [0, 0.05) is 12.1 Å². The Labute approximate surface area is 168 Å². The predicted octanol–water partition coefficient (Wildman–Crippen LogP) is 3.76. The van der Waals surface area contributed by atoms with Crippen LogP contribution in [0, 0.1) is 5.82 Å². The van der Waals surface area contributed by atoms with Gasteiger partial charge in [0.15, 0.2) is 9.84 Å². The highest BCUT2D eigenvalue weighted by atomic mass is 32.2. The van der Waals surface area contributed by atoms with Crippen LogP contribution in [0.3, 0.4) is 0 Å². The molecule has 1 amide bonds. The lowest BCUT2D eigenvalue weighted by Gasteiger charge is -2.17. The predicted molar refractivity (Wildman–Crippen MR) is 105 cm³/mol. The molecule has 0 bridgehead atoms. The SMILES string of the molecule is CCOc1ccc(C(=O)NC[C@@H](c2ccco2)S(=O)(=O)c2ccc(F)cc2)cc1. The number of sulfone groups is 1. The molecule has 152 valence electrons. The number of ether oxygens (including phenoxy) is 1. The topological polar surface area (TPSA) is 85.6 Å². The summed E-state index contributed by atoms with van der Waals surface area (Å²) < 4.78 is 49.9. The lowest BCUT2D eigenvalue weighted by molar-refractivity contribution is 0.0953. The highest BCUT2D eigenvalue weighted by molar-refractivity contribution is 7.91. The number of benzene rings is 2. The largest absolute Gasteiger partial charge is 0.494 e. The normalized spacial score (nSPS) is 12.3. The minimum atomic E-state index is -3.93. The molecule has 0 aliphatic rings. The molecule has 6 nitrogen and oxygen atoms in total. The Bertz CT molecular complexity index is 1050. The van der Waals surface area contributed by atoms with E-state index in [4.69, 9.17) is 9.15 Å². The van der Waals surface area contributed by atoms with Crippen LogP contribution in [-0.2, 0) is 9.84 Å². The van der Waals surface area contributed by atoms with Crippen LogP contribution in [0.2, 0.25) is 0 Å². The summed E-state index contributed by atoms with van der Waals surface area (Å²) >= 11 is 0. The number of rotatable bonds is 8. The molecule has 0 radical (unpaired) electrons. The van der Waals surface area contributed by atoms with Gasteiger partial charge in [0.2, 0.25) is 0 Å². The third-order valence-electron chi connectivity index (χ3n) is 4.25. The molecule has 0 unspecified atom stereocenters. The molecule has 3 rings (SSSR count). The molecule has 1 heterocycles. The van der Waals surface area contributed by atoms with E-state index in [1.165, 1.54) is 24.5 Å². The van der Waals surface area contributed by atoms with Crippen molar-refractivity contribution >= 4 is 15.7 Å². The Morgan fingerprint density at radius 2 is 1.79 bits per heavy atom. The van der Waals surface area contributed by atoms with Gasteiger partial charge in [-0.1, -0.05) is 0 Å². The standard InChI is InChI=1S/C21H20FNO5S/c1-2-27-17-9-5-15(6-10-17)21(24)23-14-20(19-4-3-13-28-19)29(25,26)18-11-7-16(22)8-12-18/h3-13,20H,2,14H2,1H3,(H,23,24)/t20-/m0/s1. The molecule has 0 fully saturated rings. The number of hydrogen-bond acceptors (Lipinski definition) is 5. The van der Waals surface area contributed by atoms with E-state index in [9.17, 15) is 17.6 Å². The Morgan fingerprint density at radius 3 is 2.38 bits per heavy atom. The van der Waals surface area contributed by atoms with Crippen LogP contribution in [-0.4, -0.2) is 27.5 Å². The van der Waals surface area contributed by atoms with Crippen LogP contribution in [0.5, 0.6) is 5.75 Å². The summed E-state index contributed by atoms with van der Waals surface area (Å²) in [7, 11) is -3.93. The molecule has 2 aromatic carbocycles. The molecule has 29 heavy (non-hydrogen) atoms. The molecule has 0 aliphatic heterocycles. The monoisotopic (exact) mass is 417 g/mol. The van der Waals surface area contributed by atoms with E-state index in [2.05, 4.69) is 5.32 Å². The quantitative estimate of drug-likeness (QED) is 0.564. The van der Waals surface area contributed by atoms with Gasteiger partial charge >= 0.3 is 0 Å². The fourth-order valence-corrected chi connectivity index (χ4v) is 4.37. The molecular formula is C21H20FNO5S. The van der Waals surface area contributed by atoms with Crippen LogP contribution in [0.4, 0.5) is 4.39 Å². The molecule has 0 saturated carbocycles. The summed E-state index contributed by atoms with van der Waals surface area (Å²) in [5, 5.41) is 1.48. The van der Waals surface area contributed by atoms with Gasteiger partial charge in [-0.05, 0) is 67.6 Å². The first-order valence-electron chi connectivity index (χ1n) is 8.95. The van der Waals surface area contributed by atoms with Gasteiger partial charge in [-0.15, -0.1) is 0 Å². The summed E-state index contributed by atoms with van der Waals surface area (Å²) in [6.07, 6.45) is 1.36. The van der Waals surface area contributed by atoms with Crippen LogP contribution in [0.25, 0.3) is 0 Å². The van der Waals surface area contributed by atoms with Crippen molar-refractivity contribution in [2.75, 3.05) is 13.2 Å². The van der Waals surface area contributed by atoms with Crippen LogP contribution < -0.4 is 10.1 Å². The number of hydrogen-bond donors (Lipinski definition) is 1. The Balaban J connectivity index is 1.80. The molecule has 0 spiro atoms. The Hall–Kier alpha value is -3.13. The van der Waals surface area contributed by atoms with Crippen molar-refractivity contribution in [3.63, 3.8) is 0 Å². The average Bonchev–Trinajstić information content (AvgIpc) is 3.23. The third-order valence-corrected chi connectivity index (χ3v) is 6.33. The number of carbonyl (C=O) groups excluding carboxylic acids is 1. The second kappa shape index (κ2) is 8.91. The van der Waals surface area contributed by atoms with Crippen molar-refractivity contribution < 1.29 is 26.8 Å². The molecule has 8 heteroatoms. The molecular weight excluding hydrogens is 397 g/mol. The van der Waals surface area contributed by atoms with Crippen molar-refractivity contribution in [3.05, 3.63) is 84.1 Å². The average molecular weight is 417 g/mol. The van der Waals surface area contributed by atoms with E-state index in [0.717, 1.165) is 12.1 Å². The van der Waals surface area contributed by atoms with Crippen molar-refractivity contribution in [1.82, 2.24) is 5.32 Å². The number of halogens is 1. The van der Waals surface area contributed by atoms with E-state index in [1.807, 2.05) is 6.92 Å². The maximum atomic E-state index is 13.2. The first-order valence-corrected chi connectivity index (χ1v) is 10.5. The zero-order chi connectivity index (χ0) is 20.9. The molecule has 0 aliphatic carbocycles. The van der Waals surface area contributed by atoms with Crippen LogP contribution >= 0.6 is 0 Å². The van der Waals surface area contributed by atoms with Gasteiger partial charge in [-0.3, -0.25) is 4.79 Å². The summed E-state index contributed by atoms with van der Waals surface area (Å²) in [5.41, 5.74) is 0.367. The van der Waals surface area contributed by atoms with Gasteiger partial charge in [0.05, 0.1) is 17.8 Å². The van der Waals surface area contributed by atoms with E-state index in [1.54, 1.807) is 30.3 Å². The zero-order valence-electron chi connectivity index (χ0n) is 15.7. The molecule has 0 saturated heterocycles. The fourth-order valence-electron chi connectivity index (χ4n) is 2.78. The first kappa shape index (κ1) is 20.6. The number of amides is 1. The minimum absolute atomic E-state index is 0.0596. The van der Waals surface area contributed by atoms with Gasteiger partial charge < -0.3 is 14.5 Å².